The van der Waals surface area contributed by atoms with Crippen LogP contribution in [0.3, 0.4) is 0 Å². The number of nitrogens with two attached hydrogens (primary N) is 1. The van der Waals surface area contributed by atoms with Crippen LogP contribution < -0.4 is 5.73 Å². The predicted octanol–water partition coefficient (Wildman–Crippen LogP) is 2.98. The molecule has 5 heteroatoms. The first-order valence-corrected chi connectivity index (χ1v) is 6.40. The van der Waals surface area contributed by atoms with E-state index in [1.54, 1.807) is 0 Å². The normalized spacial score (nSPS) is 14.6. The second kappa shape index (κ2) is 6.81. The van der Waals surface area contributed by atoms with E-state index in [2.05, 4.69) is 41.4 Å². The average molecular weight is 314 g/mol. The van der Waals surface area contributed by atoms with Crippen LogP contribution in [0, 0.1) is 0 Å². The van der Waals surface area contributed by atoms with Crippen molar-refractivity contribution in [2.75, 3.05) is 5.75 Å². The van der Waals surface area contributed by atoms with E-state index < -0.39 is 0 Å². The second-order valence-corrected chi connectivity index (χ2v) is 4.72. The van der Waals surface area contributed by atoms with Crippen LogP contribution in [0.1, 0.15) is 24.5 Å². The Morgan fingerprint density at radius 1 is 1.24 bits per heavy atom. The van der Waals surface area contributed by atoms with Crippen molar-refractivity contribution in [3.05, 3.63) is 35.4 Å². The molecule has 1 heterocycles. The maximum atomic E-state index is 5.54. The van der Waals surface area contributed by atoms with Crippen LogP contribution in [-0.4, -0.2) is 16.6 Å². The van der Waals surface area contributed by atoms with Crippen molar-refractivity contribution in [2.45, 2.75) is 19.8 Å². The molecule has 1 aromatic rings. The van der Waals surface area contributed by atoms with Gasteiger partial charge in [0.15, 0.2) is 5.17 Å². The molecule has 0 unspecified atom stereocenters. The van der Waals surface area contributed by atoms with Gasteiger partial charge in [-0.15, -0.1) is 22.1 Å². The van der Waals surface area contributed by atoms with Crippen LogP contribution in [0.4, 0.5) is 0 Å². The van der Waals surface area contributed by atoms with Crippen LogP contribution in [-0.2, 0) is 6.42 Å². The highest BCUT2D eigenvalue weighted by molar-refractivity contribution is 8.93. The summed E-state index contributed by atoms with van der Waals surface area (Å²) in [7, 11) is 0. The van der Waals surface area contributed by atoms with E-state index in [9.17, 15) is 0 Å². The molecule has 0 saturated heterocycles. The number of halogens is 1. The number of hydrogen-bond donors (Lipinski definition) is 1. The number of rotatable bonds is 3. The van der Waals surface area contributed by atoms with Crippen molar-refractivity contribution >= 4 is 39.6 Å². The summed E-state index contributed by atoms with van der Waals surface area (Å²) >= 11 is 1.53. The molecule has 92 valence electrons. The average Bonchev–Trinajstić information content (AvgIpc) is 2.32. The Hall–Kier alpha value is -0.810. The molecule has 0 amide bonds. The molecule has 17 heavy (non-hydrogen) atoms. The van der Waals surface area contributed by atoms with Crippen molar-refractivity contribution in [3.8, 4) is 0 Å². The third-order valence-electron chi connectivity index (χ3n) is 2.45. The van der Waals surface area contributed by atoms with Gasteiger partial charge in [-0.25, -0.2) is 0 Å². The molecule has 1 aliphatic rings. The van der Waals surface area contributed by atoms with E-state index in [0.717, 1.165) is 23.4 Å². The number of aryl methyl sites for hydroxylation is 1. The minimum atomic E-state index is 0. The molecule has 0 spiro atoms. The number of amidine groups is 1. The van der Waals surface area contributed by atoms with E-state index in [1.807, 2.05) is 0 Å². The molecule has 0 fully saturated rings. The van der Waals surface area contributed by atoms with Gasteiger partial charge in [0.25, 0.3) is 0 Å². The summed E-state index contributed by atoms with van der Waals surface area (Å²) in [6.45, 7) is 2.19. The van der Waals surface area contributed by atoms with Crippen molar-refractivity contribution < 1.29 is 0 Å². The molecular formula is C12H16BrN3S. The summed E-state index contributed by atoms with van der Waals surface area (Å²) < 4.78 is 0. The van der Waals surface area contributed by atoms with Gasteiger partial charge in [0.1, 0.15) is 0 Å². The lowest BCUT2D eigenvalue weighted by molar-refractivity contribution is 0.922. The molecule has 2 N–H and O–H groups in total. The zero-order chi connectivity index (χ0) is 11.4. The van der Waals surface area contributed by atoms with Crippen LogP contribution >= 0.6 is 28.7 Å². The van der Waals surface area contributed by atoms with E-state index in [4.69, 9.17) is 5.73 Å². The van der Waals surface area contributed by atoms with Crippen molar-refractivity contribution in [2.24, 2.45) is 15.9 Å². The number of hydrogen-bond acceptors (Lipinski definition) is 4. The topological polar surface area (TPSA) is 50.7 Å². The van der Waals surface area contributed by atoms with Crippen LogP contribution in [0.15, 0.2) is 34.5 Å². The van der Waals surface area contributed by atoms with Gasteiger partial charge in [-0.3, -0.25) is 0 Å². The Kier molecular flexibility index (Phi) is 5.71. The first-order chi connectivity index (χ1) is 7.79. The fraction of sp³-hybridized carbons (Fsp3) is 0.333. The maximum Gasteiger partial charge on any atom is 0.180 e. The Morgan fingerprint density at radius 3 is 2.47 bits per heavy atom. The van der Waals surface area contributed by atoms with Crippen molar-refractivity contribution in [3.63, 3.8) is 0 Å². The van der Waals surface area contributed by atoms with Gasteiger partial charge in [0.2, 0.25) is 0 Å². The minimum Gasteiger partial charge on any atom is -0.377 e. The summed E-state index contributed by atoms with van der Waals surface area (Å²) in [5.41, 5.74) is 9.06. The molecule has 1 aromatic carbocycles. The summed E-state index contributed by atoms with van der Waals surface area (Å²) in [5, 5.41) is 8.55. The molecule has 0 bridgehead atoms. The Balaban J connectivity index is 0.00000144. The molecule has 2 rings (SSSR count). The van der Waals surface area contributed by atoms with Gasteiger partial charge in [0, 0.05) is 5.75 Å². The highest BCUT2D eigenvalue weighted by Gasteiger charge is 2.09. The Labute approximate surface area is 116 Å². The zero-order valence-electron chi connectivity index (χ0n) is 9.72. The first-order valence-electron chi connectivity index (χ1n) is 5.41. The van der Waals surface area contributed by atoms with E-state index >= 15 is 0 Å². The molecule has 3 nitrogen and oxygen atoms in total. The molecule has 0 saturated carbocycles. The van der Waals surface area contributed by atoms with Crippen molar-refractivity contribution in [1.82, 2.24) is 0 Å². The summed E-state index contributed by atoms with van der Waals surface area (Å²) in [5.74, 6) is 0.808. The van der Waals surface area contributed by atoms with Crippen LogP contribution in [0.5, 0.6) is 0 Å². The largest absolute Gasteiger partial charge is 0.377 e. The molecular weight excluding hydrogens is 298 g/mol. The van der Waals surface area contributed by atoms with Gasteiger partial charge in [0.05, 0.1) is 5.71 Å². The molecule has 0 radical (unpaired) electrons. The van der Waals surface area contributed by atoms with E-state index in [0.29, 0.717) is 5.17 Å². The Bertz CT molecular complexity index is 426. The second-order valence-electron chi connectivity index (χ2n) is 3.72. The van der Waals surface area contributed by atoms with Gasteiger partial charge >= 0.3 is 0 Å². The molecule has 0 aromatic heterocycles. The zero-order valence-corrected chi connectivity index (χ0v) is 12.2. The van der Waals surface area contributed by atoms with Gasteiger partial charge in [-0.2, -0.15) is 5.10 Å². The Morgan fingerprint density at radius 2 is 1.94 bits per heavy atom. The standard InChI is InChI=1S/C12H15N3S.BrH/c1-2-3-9-4-6-10(7-5-9)11-8-16-12(13)15-14-11;/h4-7H,2-3,8H2,1H3,(H2,13,15);1H. The first kappa shape index (κ1) is 14.3. The fourth-order valence-corrected chi connectivity index (χ4v) is 2.21. The third kappa shape index (κ3) is 3.85. The maximum absolute atomic E-state index is 5.54. The number of nitrogens with zero attached hydrogens (tertiary/aromatic N) is 2. The highest BCUT2D eigenvalue weighted by atomic mass is 79.9. The fourth-order valence-electron chi connectivity index (χ4n) is 1.60. The molecule has 1 aliphatic heterocycles. The van der Waals surface area contributed by atoms with Crippen LogP contribution in [0.25, 0.3) is 0 Å². The minimum absolute atomic E-state index is 0. The lowest BCUT2D eigenvalue weighted by Crippen LogP contribution is -2.16. The number of thioether (sulfide) groups is 1. The van der Waals surface area contributed by atoms with Gasteiger partial charge in [-0.05, 0) is 17.5 Å². The lowest BCUT2D eigenvalue weighted by atomic mass is 10.1. The SMILES string of the molecule is Br.CCCc1ccc(C2=NN=C(N)SC2)cc1. The predicted molar refractivity (Wildman–Crippen MR) is 81.4 cm³/mol. The molecule has 0 aliphatic carbocycles. The van der Waals surface area contributed by atoms with Gasteiger partial charge in [-0.1, -0.05) is 49.4 Å². The quantitative estimate of drug-likeness (QED) is 0.932. The third-order valence-corrected chi connectivity index (χ3v) is 3.25. The van der Waals surface area contributed by atoms with E-state index in [1.165, 1.54) is 23.7 Å². The monoisotopic (exact) mass is 313 g/mol. The number of benzene rings is 1. The lowest BCUT2D eigenvalue weighted by Gasteiger charge is -2.09. The summed E-state index contributed by atoms with van der Waals surface area (Å²) in [6, 6.07) is 8.55. The van der Waals surface area contributed by atoms with Crippen LogP contribution in [0.2, 0.25) is 0 Å². The summed E-state index contributed by atoms with van der Waals surface area (Å²) in [6.07, 6.45) is 2.31. The van der Waals surface area contributed by atoms with Gasteiger partial charge < -0.3 is 5.73 Å². The highest BCUT2D eigenvalue weighted by Crippen LogP contribution is 2.14. The summed E-state index contributed by atoms with van der Waals surface area (Å²) in [4.78, 5) is 0. The molecule has 0 atom stereocenters. The van der Waals surface area contributed by atoms with Crippen molar-refractivity contribution in [1.29, 1.82) is 0 Å². The van der Waals surface area contributed by atoms with E-state index in [-0.39, 0.29) is 17.0 Å². The smallest absolute Gasteiger partial charge is 0.180 e.